The summed E-state index contributed by atoms with van der Waals surface area (Å²) in [7, 11) is 3.30. The molecule has 1 amide bonds. The van der Waals surface area contributed by atoms with Crippen molar-refractivity contribution in [2.75, 3.05) is 37.9 Å². The Labute approximate surface area is 166 Å². The first kappa shape index (κ1) is 18.9. The molecular formula is C19H23N7O3. The van der Waals surface area contributed by atoms with Crippen molar-refractivity contribution in [1.29, 1.82) is 0 Å². The van der Waals surface area contributed by atoms with Crippen LogP contribution in [0.3, 0.4) is 0 Å². The van der Waals surface area contributed by atoms with Gasteiger partial charge in [-0.25, -0.2) is 4.98 Å². The van der Waals surface area contributed by atoms with Gasteiger partial charge in [-0.15, -0.1) is 0 Å². The molecule has 4 rings (SSSR count). The van der Waals surface area contributed by atoms with Crippen LogP contribution in [0, 0.1) is 0 Å². The molecule has 0 unspecified atom stereocenters. The number of carbonyl (C=O) groups excluding carboxylic acids is 1. The van der Waals surface area contributed by atoms with E-state index in [4.69, 9.17) is 4.74 Å². The number of hydrogen-bond donors (Lipinski definition) is 3. The molecule has 1 atom stereocenters. The maximum Gasteiger partial charge on any atom is 0.274 e. The van der Waals surface area contributed by atoms with Gasteiger partial charge in [0.1, 0.15) is 22.9 Å². The van der Waals surface area contributed by atoms with Crippen molar-refractivity contribution in [3.8, 4) is 0 Å². The predicted octanol–water partition coefficient (Wildman–Crippen LogP) is 1.39. The molecular weight excluding hydrogens is 374 g/mol. The molecule has 1 aliphatic heterocycles. The molecule has 0 saturated carbocycles. The Morgan fingerprint density at radius 3 is 2.93 bits per heavy atom. The lowest BCUT2D eigenvalue weighted by molar-refractivity contribution is 0.0581. The summed E-state index contributed by atoms with van der Waals surface area (Å²) < 4.78 is 8.76. The fourth-order valence-electron chi connectivity index (χ4n) is 3.47. The summed E-state index contributed by atoms with van der Waals surface area (Å²) in [5.74, 6) is 0.776. The van der Waals surface area contributed by atoms with Gasteiger partial charge in [0.05, 0.1) is 18.8 Å². The zero-order valence-corrected chi connectivity index (χ0v) is 16.3. The van der Waals surface area contributed by atoms with Crippen LogP contribution in [0.5, 0.6) is 0 Å². The Hall–Kier alpha value is -3.40. The van der Waals surface area contributed by atoms with Crippen molar-refractivity contribution in [3.05, 3.63) is 46.5 Å². The first-order chi connectivity index (χ1) is 14.1. The minimum Gasteiger partial charge on any atom is -0.379 e. The first-order valence-corrected chi connectivity index (χ1v) is 9.47. The minimum atomic E-state index is -0.286. The zero-order chi connectivity index (χ0) is 20.4. The summed E-state index contributed by atoms with van der Waals surface area (Å²) in [6.07, 6.45) is 5.08. The maximum absolute atomic E-state index is 13.0. The van der Waals surface area contributed by atoms with E-state index in [1.807, 2.05) is 6.07 Å². The second-order valence-electron chi connectivity index (χ2n) is 6.78. The molecule has 0 bridgehead atoms. The molecule has 1 fully saturated rings. The van der Waals surface area contributed by atoms with Crippen LogP contribution >= 0.6 is 0 Å². The highest BCUT2D eigenvalue weighted by molar-refractivity contribution is 5.99. The van der Waals surface area contributed by atoms with E-state index in [1.165, 1.54) is 6.20 Å². The standard InChI is InChI=1S/C19H23N7O3/c1-20-16-9-15(24-17-13(18(27)21-2)10-22-26(16)17)23-14-6-3-7-25(19(14)28)12-5-4-8-29-11-12/h3,6-7,9-10,12,20H,4-5,8,11H2,1-2H3,(H,21,27)(H,23,24)/t12-/m0/s1. The van der Waals surface area contributed by atoms with E-state index in [0.29, 0.717) is 35.1 Å². The lowest BCUT2D eigenvalue weighted by Crippen LogP contribution is -2.31. The van der Waals surface area contributed by atoms with E-state index in [-0.39, 0.29) is 17.5 Å². The monoisotopic (exact) mass is 397 g/mol. The molecule has 3 aromatic heterocycles. The molecule has 4 heterocycles. The van der Waals surface area contributed by atoms with Crippen molar-refractivity contribution in [2.45, 2.75) is 18.9 Å². The van der Waals surface area contributed by atoms with Crippen LogP contribution in [0.1, 0.15) is 29.2 Å². The highest BCUT2D eigenvalue weighted by atomic mass is 16.5. The Balaban J connectivity index is 1.72. The largest absolute Gasteiger partial charge is 0.379 e. The van der Waals surface area contributed by atoms with Crippen molar-refractivity contribution >= 4 is 28.9 Å². The summed E-state index contributed by atoms with van der Waals surface area (Å²) >= 11 is 0. The SMILES string of the molecule is CNC(=O)c1cnn2c(NC)cc(Nc3cccn([C@H]4CCCOC4)c3=O)nc12. The van der Waals surface area contributed by atoms with E-state index in [1.54, 1.807) is 41.5 Å². The topological polar surface area (TPSA) is 115 Å². The van der Waals surface area contributed by atoms with Crippen LogP contribution in [0.15, 0.2) is 35.4 Å². The Morgan fingerprint density at radius 2 is 2.21 bits per heavy atom. The molecule has 10 nitrogen and oxygen atoms in total. The average Bonchev–Trinajstić information content (AvgIpc) is 3.18. The quantitative estimate of drug-likeness (QED) is 0.596. The van der Waals surface area contributed by atoms with Crippen LogP contribution in [-0.4, -0.2) is 52.4 Å². The number of pyridine rings is 1. The predicted molar refractivity (Wildman–Crippen MR) is 109 cm³/mol. The number of amides is 1. The first-order valence-electron chi connectivity index (χ1n) is 9.47. The van der Waals surface area contributed by atoms with E-state index < -0.39 is 0 Å². The second-order valence-corrected chi connectivity index (χ2v) is 6.78. The number of ether oxygens (including phenoxy) is 1. The third kappa shape index (κ3) is 3.54. The van der Waals surface area contributed by atoms with Gasteiger partial charge in [0, 0.05) is 33.0 Å². The Bertz CT molecular complexity index is 1100. The smallest absolute Gasteiger partial charge is 0.274 e. The summed E-state index contributed by atoms with van der Waals surface area (Å²) in [6.45, 7) is 1.27. The van der Waals surface area contributed by atoms with Gasteiger partial charge in [-0.05, 0) is 25.0 Å². The van der Waals surface area contributed by atoms with Gasteiger partial charge < -0.3 is 25.3 Å². The summed E-state index contributed by atoms with van der Waals surface area (Å²) in [5, 5.41) is 12.9. The molecule has 0 spiro atoms. The number of rotatable bonds is 5. The molecule has 0 radical (unpaired) electrons. The number of carbonyl (C=O) groups is 1. The van der Waals surface area contributed by atoms with Gasteiger partial charge in [-0.1, -0.05) is 0 Å². The van der Waals surface area contributed by atoms with E-state index >= 15 is 0 Å². The summed E-state index contributed by atoms with van der Waals surface area (Å²) in [6, 6.07) is 5.29. The number of fused-ring (bicyclic) bond motifs is 1. The highest BCUT2D eigenvalue weighted by Gasteiger charge is 2.19. The Kier molecular flexibility index (Phi) is 5.17. The van der Waals surface area contributed by atoms with E-state index in [9.17, 15) is 9.59 Å². The molecule has 0 aromatic carbocycles. The zero-order valence-electron chi connectivity index (χ0n) is 16.3. The minimum absolute atomic E-state index is 0.0241. The lowest BCUT2D eigenvalue weighted by Gasteiger charge is -2.24. The normalized spacial score (nSPS) is 16.6. The van der Waals surface area contributed by atoms with Crippen LogP contribution in [-0.2, 0) is 4.74 Å². The molecule has 1 aliphatic rings. The summed E-state index contributed by atoms with van der Waals surface area (Å²) in [5.41, 5.74) is 0.988. The number of anilines is 3. The van der Waals surface area contributed by atoms with E-state index in [2.05, 4.69) is 26.0 Å². The lowest BCUT2D eigenvalue weighted by atomic mass is 10.1. The van der Waals surface area contributed by atoms with Crippen LogP contribution in [0.25, 0.3) is 5.65 Å². The van der Waals surface area contributed by atoms with Crippen molar-refractivity contribution in [3.63, 3.8) is 0 Å². The molecule has 152 valence electrons. The average molecular weight is 397 g/mol. The summed E-state index contributed by atoms with van der Waals surface area (Å²) in [4.78, 5) is 29.6. The number of hydrogen-bond acceptors (Lipinski definition) is 7. The molecule has 1 saturated heterocycles. The number of aromatic nitrogens is 4. The molecule has 3 aromatic rings. The molecule has 29 heavy (non-hydrogen) atoms. The van der Waals surface area contributed by atoms with Gasteiger partial charge >= 0.3 is 0 Å². The second kappa shape index (κ2) is 7.92. The molecule has 10 heteroatoms. The molecule has 3 N–H and O–H groups in total. The van der Waals surface area contributed by atoms with Gasteiger partial charge in [0.25, 0.3) is 11.5 Å². The van der Waals surface area contributed by atoms with Gasteiger partial charge in [-0.2, -0.15) is 9.61 Å². The van der Waals surface area contributed by atoms with Gasteiger partial charge in [-0.3, -0.25) is 9.59 Å². The Morgan fingerprint density at radius 1 is 1.34 bits per heavy atom. The maximum atomic E-state index is 13.0. The van der Waals surface area contributed by atoms with Gasteiger partial charge in [0.2, 0.25) is 0 Å². The highest BCUT2D eigenvalue weighted by Crippen LogP contribution is 2.22. The third-order valence-electron chi connectivity index (χ3n) is 4.97. The fourth-order valence-corrected chi connectivity index (χ4v) is 3.47. The van der Waals surface area contributed by atoms with Crippen molar-refractivity contribution in [1.82, 2.24) is 24.5 Å². The number of nitrogens with one attached hydrogen (secondary N) is 3. The van der Waals surface area contributed by atoms with Crippen LogP contribution in [0.4, 0.5) is 17.3 Å². The van der Waals surface area contributed by atoms with Crippen molar-refractivity contribution < 1.29 is 9.53 Å². The van der Waals surface area contributed by atoms with Crippen molar-refractivity contribution in [2.24, 2.45) is 0 Å². The van der Waals surface area contributed by atoms with Crippen LogP contribution in [0.2, 0.25) is 0 Å². The fraction of sp³-hybridized carbons (Fsp3) is 0.368. The molecule has 0 aliphatic carbocycles. The third-order valence-corrected chi connectivity index (χ3v) is 4.97. The number of nitrogens with zero attached hydrogens (tertiary/aromatic N) is 4. The van der Waals surface area contributed by atoms with E-state index in [0.717, 1.165) is 19.4 Å². The van der Waals surface area contributed by atoms with Crippen LogP contribution < -0.4 is 21.5 Å². The van der Waals surface area contributed by atoms with Gasteiger partial charge in [0.15, 0.2) is 5.65 Å².